The van der Waals surface area contributed by atoms with Crippen molar-refractivity contribution in [1.82, 2.24) is 9.97 Å². The lowest BCUT2D eigenvalue weighted by Crippen LogP contribution is -2.03. The molecule has 4 heteroatoms. The Bertz CT molecular complexity index is 332. The van der Waals surface area contributed by atoms with E-state index in [2.05, 4.69) is 22.2 Å². The highest BCUT2D eigenvalue weighted by atomic mass is 16.5. The minimum Gasteiger partial charge on any atom is -0.381 e. The van der Waals surface area contributed by atoms with Crippen LogP contribution in [0, 0.1) is 0 Å². The molecule has 126 valence electrons. The van der Waals surface area contributed by atoms with E-state index >= 15 is 0 Å². The van der Waals surface area contributed by atoms with Gasteiger partial charge < -0.3 is 10.1 Å². The lowest BCUT2D eigenvalue weighted by atomic mass is 10.1. The topological polar surface area (TPSA) is 47.0 Å². The molecule has 1 N–H and O–H groups in total. The first kappa shape index (κ1) is 18.9. The van der Waals surface area contributed by atoms with Gasteiger partial charge in [-0.2, -0.15) is 0 Å². The highest BCUT2D eigenvalue weighted by Gasteiger charge is 1.94. The maximum Gasteiger partial charge on any atom is 0.129 e. The van der Waals surface area contributed by atoms with Crippen LogP contribution in [-0.4, -0.2) is 29.7 Å². The van der Waals surface area contributed by atoms with E-state index in [1.807, 2.05) is 6.07 Å². The van der Waals surface area contributed by atoms with E-state index in [1.165, 1.54) is 64.2 Å². The Balaban J connectivity index is 1.73. The number of ether oxygens (including phenoxy) is 1. The Morgan fingerprint density at radius 3 is 2.27 bits per heavy atom. The Morgan fingerprint density at radius 2 is 1.59 bits per heavy atom. The zero-order chi connectivity index (χ0) is 15.7. The molecule has 0 fully saturated rings. The molecule has 0 radical (unpaired) electrons. The maximum atomic E-state index is 5.65. The average Bonchev–Trinajstić information content (AvgIpc) is 2.56. The molecular weight excluding hydrogens is 274 g/mol. The third-order valence-corrected chi connectivity index (χ3v) is 3.75. The van der Waals surface area contributed by atoms with Gasteiger partial charge >= 0.3 is 0 Å². The number of anilines is 1. The van der Waals surface area contributed by atoms with Crippen molar-refractivity contribution in [2.75, 3.05) is 25.1 Å². The summed E-state index contributed by atoms with van der Waals surface area (Å²) in [6.07, 6.45) is 16.2. The second-order valence-electron chi connectivity index (χ2n) is 5.82. The first-order valence-electron chi connectivity index (χ1n) is 9.01. The number of hydrogen-bond acceptors (Lipinski definition) is 4. The van der Waals surface area contributed by atoms with E-state index < -0.39 is 0 Å². The standard InChI is InChI=1S/C18H33N3O/c1-2-3-4-10-15-22-16-11-8-6-5-7-9-13-20-18-12-14-19-17-21-18/h12,14,17H,2-11,13,15-16H2,1H3,(H,19,20,21). The van der Waals surface area contributed by atoms with Crippen molar-refractivity contribution in [1.29, 1.82) is 0 Å². The van der Waals surface area contributed by atoms with Crippen LogP contribution in [0.3, 0.4) is 0 Å². The molecule has 0 saturated carbocycles. The highest BCUT2D eigenvalue weighted by Crippen LogP contribution is 2.07. The number of hydrogen-bond donors (Lipinski definition) is 1. The van der Waals surface area contributed by atoms with Crippen molar-refractivity contribution in [3.63, 3.8) is 0 Å². The number of nitrogens with one attached hydrogen (secondary N) is 1. The molecule has 0 atom stereocenters. The summed E-state index contributed by atoms with van der Waals surface area (Å²) in [6.45, 7) is 5.14. The van der Waals surface area contributed by atoms with E-state index in [-0.39, 0.29) is 0 Å². The smallest absolute Gasteiger partial charge is 0.129 e. The van der Waals surface area contributed by atoms with Crippen LogP contribution in [0.25, 0.3) is 0 Å². The first-order chi connectivity index (χ1) is 10.9. The normalized spacial score (nSPS) is 10.8. The Labute approximate surface area is 136 Å². The van der Waals surface area contributed by atoms with Crippen LogP contribution in [0.5, 0.6) is 0 Å². The van der Waals surface area contributed by atoms with Crippen LogP contribution in [0.15, 0.2) is 18.6 Å². The Kier molecular flexibility index (Phi) is 12.7. The SMILES string of the molecule is CCCCCCOCCCCCCCCNc1ccncn1. The summed E-state index contributed by atoms with van der Waals surface area (Å²) < 4.78 is 5.65. The summed E-state index contributed by atoms with van der Waals surface area (Å²) >= 11 is 0. The van der Waals surface area contributed by atoms with Gasteiger partial charge in [-0.25, -0.2) is 9.97 Å². The molecule has 0 aliphatic carbocycles. The second-order valence-corrected chi connectivity index (χ2v) is 5.82. The molecule has 22 heavy (non-hydrogen) atoms. The molecule has 1 rings (SSSR count). The van der Waals surface area contributed by atoms with Crippen molar-refractivity contribution in [3.8, 4) is 0 Å². The van der Waals surface area contributed by atoms with Gasteiger partial charge in [-0.1, -0.05) is 51.9 Å². The van der Waals surface area contributed by atoms with Crippen LogP contribution in [0.1, 0.15) is 71.1 Å². The molecule has 0 bridgehead atoms. The van der Waals surface area contributed by atoms with Crippen molar-refractivity contribution in [3.05, 3.63) is 18.6 Å². The molecule has 0 aliphatic heterocycles. The molecule has 1 aromatic heterocycles. The fraction of sp³-hybridized carbons (Fsp3) is 0.778. The Morgan fingerprint density at radius 1 is 0.909 bits per heavy atom. The second kappa shape index (κ2) is 14.8. The van der Waals surface area contributed by atoms with Gasteiger partial charge in [-0.15, -0.1) is 0 Å². The lowest BCUT2D eigenvalue weighted by molar-refractivity contribution is 0.126. The summed E-state index contributed by atoms with van der Waals surface area (Å²) in [5, 5.41) is 3.31. The largest absolute Gasteiger partial charge is 0.381 e. The number of aromatic nitrogens is 2. The third kappa shape index (κ3) is 11.5. The van der Waals surface area contributed by atoms with Crippen LogP contribution >= 0.6 is 0 Å². The predicted octanol–water partition coefficient (Wildman–Crippen LogP) is 4.83. The van der Waals surface area contributed by atoms with Crippen molar-refractivity contribution in [2.45, 2.75) is 71.1 Å². The Hall–Kier alpha value is -1.16. The molecule has 0 aromatic carbocycles. The fourth-order valence-corrected chi connectivity index (χ4v) is 2.38. The molecule has 4 nitrogen and oxygen atoms in total. The summed E-state index contributed by atoms with van der Waals surface area (Å²) in [5.74, 6) is 0.922. The van der Waals surface area contributed by atoms with Gasteiger partial charge in [0, 0.05) is 26.0 Å². The minimum absolute atomic E-state index is 0.922. The van der Waals surface area contributed by atoms with Crippen LogP contribution in [0.4, 0.5) is 5.82 Å². The van der Waals surface area contributed by atoms with Gasteiger partial charge in [0.25, 0.3) is 0 Å². The summed E-state index contributed by atoms with van der Waals surface area (Å²) in [4.78, 5) is 8.04. The van der Waals surface area contributed by atoms with Crippen molar-refractivity contribution in [2.24, 2.45) is 0 Å². The molecule has 0 aliphatic rings. The number of nitrogens with zero attached hydrogens (tertiary/aromatic N) is 2. The summed E-state index contributed by atoms with van der Waals surface area (Å²) in [5.41, 5.74) is 0. The van der Waals surface area contributed by atoms with E-state index in [1.54, 1.807) is 12.5 Å². The van der Waals surface area contributed by atoms with Gasteiger partial charge in [0.1, 0.15) is 12.1 Å². The quantitative estimate of drug-likeness (QED) is 0.472. The zero-order valence-corrected chi connectivity index (χ0v) is 14.2. The monoisotopic (exact) mass is 307 g/mol. The molecular formula is C18H33N3O. The van der Waals surface area contributed by atoms with Gasteiger partial charge in [0.2, 0.25) is 0 Å². The molecule has 0 amide bonds. The highest BCUT2D eigenvalue weighted by molar-refractivity contribution is 5.30. The van der Waals surface area contributed by atoms with Gasteiger partial charge in [-0.3, -0.25) is 0 Å². The first-order valence-corrected chi connectivity index (χ1v) is 9.01. The van der Waals surface area contributed by atoms with E-state index in [0.29, 0.717) is 0 Å². The number of rotatable bonds is 15. The lowest BCUT2D eigenvalue weighted by Gasteiger charge is -2.05. The molecule has 0 unspecified atom stereocenters. The minimum atomic E-state index is 0.922. The molecule has 1 aromatic rings. The molecule has 0 spiro atoms. The zero-order valence-electron chi connectivity index (χ0n) is 14.2. The summed E-state index contributed by atoms with van der Waals surface area (Å²) in [7, 11) is 0. The predicted molar refractivity (Wildman–Crippen MR) is 93.2 cm³/mol. The van der Waals surface area contributed by atoms with Crippen molar-refractivity contribution < 1.29 is 4.74 Å². The van der Waals surface area contributed by atoms with E-state index in [9.17, 15) is 0 Å². The summed E-state index contributed by atoms with van der Waals surface area (Å²) in [6, 6.07) is 1.91. The van der Waals surface area contributed by atoms with E-state index in [0.717, 1.165) is 25.6 Å². The van der Waals surface area contributed by atoms with Gasteiger partial charge in [-0.05, 0) is 25.3 Å². The third-order valence-electron chi connectivity index (χ3n) is 3.75. The fourth-order valence-electron chi connectivity index (χ4n) is 2.38. The van der Waals surface area contributed by atoms with Gasteiger partial charge in [0.05, 0.1) is 0 Å². The average molecular weight is 307 g/mol. The van der Waals surface area contributed by atoms with E-state index in [4.69, 9.17) is 4.74 Å². The number of unbranched alkanes of at least 4 members (excludes halogenated alkanes) is 8. The van der Waals surface area contributed by atoms with Crippen LogP contribution in [0.2, 0.25) is 0 Å². The molecule has 1 heterocycles. The van der Waals surface area contributed by atoms with Crippen molar-refractivity contribution >= 4 is 5.82 Å². The van der Waals surface area contributed by atoms with Crippen LogP contribution in [-0.2, 0) is 4.74 Å². The maximum absolute atomic E-state index is 5.65. The van der Waals surface area contributed by atoms with Gasteiger partial charge in [0.15, 0.2) is 0 Å². The molecule has 0 saturated heterocycles. The van der Waals surface area contributed by atoms with Crippen LogP contribution < -0.4 is 5.32 Å².